The molecule has 1 saturated carbocycles. The van der Waals surface area contributed by atoms with Crippen LogP contribution in [0.4, 0.5) is 23.4 Å². The molecule has 1 aliphatic carbocycles. The van der Waals surface area contributed by atoms with Gasteiger partial charge < -0.3 is 4.74 Å². The summed E-state index contributed by atoms with van der Waals surface area (Å²) in [6.07, 6.45) is -0.657. The molecule has 3 atom stereocenters. The highest BCUT2D eigenvalue weighted by Gasteiger charge is 2.34. The maximum atomic E-state index is 14.8. The number of benzene rings is 2. The van der Waals surface area contributed by atoms with Crippen molar-refractivity contribution >= 4 is 27.4 Å². The highest BCUT2D eigenvalue weighted by Crippen LogP contribution is 2.41. The molecule has 0 bridgehead atoms. The molecule has 4 rings (SSSR count). The van der Waals surface area contributed by atoms with Gasteiger partial charge >= 0.3 is 6.18 Å². The lowest BCUT2D eigenvalue weighted by molar-refractivity contribution is -0.137. The SMILES string of the molecule is C[C@H]1C[C@@H](c2cccc(C(F)(F)F)c2)CC[C@@H]1Oc1cc(F)c(S(=O)(=O)Nc2ccncn2)cc1Cl. The number of sulfonamides is 1. The van der Waals surface area contributed by atoms with Crippen LogP contribution in [0.15, 0.2) is 59.9 Å². The fourth-order valence-electron chi connectivity index (χ4n) is 4.33. The molecule has 36 heavy (non-hydrogen) atoms. The molecule has 1 N–H and O–H groups in total. The second-order valence-corrected chi connectivity index (χ2v) is 10.7. The van der Waals surface area contributed by atoms with Crippen LogP contribution >= 0.6 is 11.6 Å². The van der Waals surface area contributed by atoms with Gasteiger partial charge in [-0.3, -0.25) is 4.72 Å². The number of rotatable bonds is 6. The Balaban J connectivity index is 1.46. The van der Waals surface area contributed by atoms with E-state index in [1.165, 1.54) is 24.4 Å². The summed E-state index contributed by atoms with van der Waals surface area (Å²) in [6, 6.07) is 8.52. The van der Waals surface area contributed by atoms with Gasteiger partial charge in [-0.05, 0) is 54.9 Å². The van der Waals surface area contributed by atoms with E-state index >= 15 is 0 Å². The largest absolute Gasteiger partial charge is 0.488 e. The number of nitrogens with zero attached hydrogens (tertiary/aromatic N) is 2. The number of halogens is 5. The van der Waals surface area contributed by atoms with Gasteiger partial charge in [0.05, 0.1) is 10.6 Å². The van der Waals surface area contributed by atoms with Crippen LogP contribution in [0, 0.1) is 11.7 Å². The lowest BCUT2D eigenvalue weighted by atomic mass is 9.77. The molecule has 1 aromatic heterocycles. The average Bonchev–Trinajstić information content (AvgIpc) is 2.82. The van der Waals surface area contributed by atoms with Gasteiger partial charge in [-0.1, -0.05) is 36.7 Å². The van der Waals surface area contributed by atoms with Crippen LogP contribution < -0.4 is 9.46 Å². The van der Waals surface area contributed by atoms with Crippen molar-refractivity contribution in [2.24, 2.45) is 5.92 Å². The van der Waals surface area contributed by atoms with Gasteiger partial charge in [0, 0.05) is 12.3 Å². The predicted octanol–water partition coefficient (Wildman–Crippen LogP) is 6.44. The predicted molar refractivity (Wildman–Crippen MR) is 126 cm³/mol. The van der Waals surface area contributed by atoms with Crippen LogP contribution in [0.2, 0.25) is 5.02 Å². The number of hydrogen-bond donors (Lipinski definition) is 1. The van der Waals surface area contributed by atoms with E-state index in [4.69, 9.17) is 16.3 Å². The molecule has 1 fully saturated rings. The summed E-state index contributed by atoms with van der Waals surface area (Å²) in [6.45, 7) is 1.90. The molecule has 0 radical (unpaired) electrons. The van der Waals surface area contributed by atoms with Crippen LogP contribution in [-0.4, -0.2) is 24.5 Å². The van der Waals surface area contributed by atoms with Crippen molar-refractivity contribution in [3.05, 3.63) is 77.0 Å². The molecule has 1 heterocycles. The first-order valence-electron chi connectivity index (χ1n) is 11.1. The number of ether oxygens (including phenoxy) is 1. The zero-order chi connectivity index (χ0) is 26.1. The molecule has 0 unspecified atom stereocenters. The lowest BCUT2D eigenvalue weighted by Gasteiger charge is -2.35. The van der Waals surface area contributed by atoms with Gasteiger partial charge in [-0.25, -0.2) is 22.8 Å². The summed E-state index contributed by atoms with van der Waals surface area (Å²) in [5, 5.41) is -0.0911. The van der Waals surface area contributed by atoms with E-state index in [9.17, 15) is 26.0 Å². The second kappa shape index (κ2) is 10.2. The minimum absolute atomic E-state index is 0.00970. The number of nitrogens with one attached hydrogen (secondary N) is 1. The van der Waals surface area contributed by atoms with E-state index in [1.54, 1.807) is 6.07 Å². The molecule has 6 nitrogen and oxygen atoms in total. The summed E-state index contributed by atoms with van der Waals surface area (Å²) in [7, 11) is -4.31. The molecule has 2 aromatic carbocycles. The van der Waals surface area contributed by atoms with Crippen molar-refractivity contribution in [3.8, 4) is 5.75 Å². The molecule has 192 valence electrons. The van der Waals surface area contributed by atoms with E-state index in [1.807, 2.05) is 6.92 Å². The molecule has 12 heteroatoms. The van der Waals surface area contributed by atoms with Crippen molar-refractivity contribution in [2.45, 2.75) is 49.3 Å². The summed E-state index contributed by atoms with van der Waals surface area (Å²) in [5.74, 6) is -1.24. The summed E-state index contributed by atoms with van der Waals surface area (Å²) in [4.78, 5) is 6.77. The summed E-state index contributed by atoms with van der Waals surface area (Å²) >= 11 is 6.25. The maximum absolute atomic E-state index is 14.8. The summed E-state index contributed by atoms with van der Waals surface area (Å²) < 4.78 is 87.4. The number of alkyl halides is 3. The lowest BCUT2D eigenvalue weighted by Crippen LogP contribution is -2.31. The van der Waals surface area contributed by atoms with E-state index in [-0.39, 0.29) is 34.5 Å². The van der Waals surface area contributed by atoms with Crippen LogP contribution in [0.5, 0.6) is 5.75 Å². The first-order valence-corrected chi connectivity index (χ1v) is 12.9. The monoisotopic (exact) mass is 543 g/mol. The highest BCUT2D eigenvalue weighted by molar-refractivity contribution is 7.92. The fourth-order valence-corrected chi connectivity index (χ4v) is 5.70. The Bertz CT molecular complexity index is 1340. The Hall–Kier alpha value is -2.92. The average molecular weight is 544 g/mol. The first-order chi connectivity index (χ1) is 16.9. The van der Waals surface area contributed by atoms with Gasteiger partial charge in [0.1, 0.15) is 34.7 Å². The van der Waals surface area contributed by atoms with Crippen molar-refractivity contribution in [1.29, 1.82) is 0 Å². The zero-order valence-corrected chi connectivity index (χ0v) is 20.5. The maximum Gasteiger partial charge on any atom is 0.416 e. The molecular formula is C24H22ClF4N3O3S. The van der Waals surface area contributed by atoms with Crippen LogP contribution in [0.3, 0.4) is 0 Å². The third kappa shape index (κ3) is 5.89. The second-order valence-electron chi connectivity index (χ2n) is 8.68. The minimum atomic E-state index is -4.41. The Kier molecular flexibility index (Phi) is 7.42. The van der Waals surface area contributed by atoms with Gasteiger partial charge in [0.2, 0.25) is 0 Å². The summed E-state index contributed by atoms with van der Waals surface area (Å²) in [5.41, 5.74) is -0.0672. The Morgan fingerprint density at radius 3 is 2.58 bits per heavy atom. The fraction of sp³-hybridized carbons (Fsp3) is 0.333. The molecule has 1 aliphatic rings. The van der Waals surface area contributed by atoms with Crippen LogP contribution in [0.25, 0.3) is 0 Å². The van der Waals surface area contributed by atoms with Crippen molar-refractivity contribution in [3.63, 3.8) is 0 Å². The zero-order valence-electron chi connectivity index (χ0n) is 19.0. The van der Waals surface area contributed by atoms with Crippen molar-refractivity contribution < 1.29 is 30.7 Å². The highest BCUT2D eigenvalue weighted by atomic mass is 35.5. The third-order valence-corrected chi connectivity index (χ3v) is 7.82. The van der Waals surface area contributed by atoms with Crippen molar-refractivity contribution in [1.82, 2.24) is 9.97 Å². The van der Waals surface area contributed by atoms with Gasteiger partial charge in [-0.2, -0.15) is 13.2 Å². The normalized spacial score (nSPS) is 20.7. The third-order valence-electron chi connectivity index (χ3n) is 6.15. The van der Waals surface area contributed by atoms with E-state index in [0.29, 0.717) is 24.8 Å². The minimum Gasteiger partial charge on any atom is -0.488 e. The van der Waals surface area contributed by atoms with Gasteiger partial charge in [-0.15, -0.1) is 0 Å². The molecule has 0 aliphatic heterocycles. The van der Waals surface area contributed by atoms with E-state index < -0.39 is 32.5 Å². The number of anilines is 1. The van der Waals surface area contributed by atoms with Crippen LogP contribution in [0.1, 0.15) is 43.2 Å². The topological polar surface area (TPSA) is 81.2 Å². The molecule has 0 amide bonds. The Morgan fingerprint density at radius 2 is 1.92 bits per heavy atom. The van der Waals surface area contributed by atoms with Gasteiger partial charge in [0.25, 0.3) is 10.0 Å². The quantitative estimate of drug-likeness (QED) is 0.362. The molecular weight excluding hydrogens is 522 g/mol. The molecule has 0 spiro atoms. The van der Waals surface area contributed by atoms with Crippen molar-refractivity contribution in [2.75, 3.05) is 4.72 Å². The Morgan fingerprint density at radius 1 is 1.14 bits per heavy atom. The smallest absolute Gasteiger partial charge is 0.416 e. The molecule has 0 saturated heterocycles. The first kappa shape index (κ1) is 26.2. The van der Waals surface area contributed by atoms with E-state index in [0.717, 1.165) is 24.5 Å². The number of hydrogen-bond acceptors (Lipinski definition) is 5. The molecule has 3 aromatic rings. The number of aromatic nitrogens is 2. The van der Waals surface area contributed by atoms with E-state index in [2.05, 4.69) is 14.7 Å². The van der Waals surface area contributed by atoms with Gasteiger partial charge in [0.15, 0.2) is 0 Å². The standard InChI is InChI=1S/C24H22ClF4N3O3S/c1-14-9-16(15-3-2-4-17(10-15)24(27,28)29)5-6-20(14)35-21-12-19(26)22(11-18(21)25)36(33,34)32-23-7-8-30-13-31-23/h2-4,7-8,10-14,16,20H,5-6,9H2,1H3,(H,30,31,32)/t14-,16-,20-/m0/s1. The Labute approximate surface area is 210 Å². The van der Waals surface area contributed by atoms with Crippen LogP contribution in [-0.2, 0) is 16.2 Å².